The first-order valence-electron chi connectivity index (χ1n) is 7.43. The molecule has 0 radical (unpaired) electrons. The molecule has 1 atom stereocenters. The Balaban J connectivity index is 2.13. The van der Waals surface area contributed by atoms with Gasteiger partial charge in [0.1, 0.15) is 0 Å². The minimum absolute atomic E-state index is 0.0935. The van der Waals surface area contributed by atoms with Gasteiger partial charge in [0.25, 0.3) is 0 Å². The summed E-state index contributed by atoms with van der Waals surface area (Å²) in [5.74, 6) is 0. The lowest BCUT2D eigenvalue weighted by Gasteiger charge is -2.17. The number of aryl methyl sites for hydroxylation is 1. The molecule has 0 aliphatic rings. The SMILES string of the molecule is Cc1ccc(/C=C/S(=O)(=O)N[C@H](CCO)c2ccccc2)cc1. The van der Waals surface area contributed by atoms with E-state index in [-0.39, 0.29) is 6.61 Å². The molecule has 4 nitrogen and oxygen atoms in total. The number of aliphatic hydroxyl groups is 1. The third kappa shape index (κ3) is 5.63. The quantitative estimate of drug-likeness (QED) is 0.819. The predicted octanol–water partition coefficient (Wildman–Crippen LogP) is 3.01. The smallest absolute Gasteiger partial charge is 0.234 e. The van der Waals surface area contributed by atoms with Crippen molar-refractivity contribution in [1.29, 1.82) is 0 Å². The van der Waals surface area contributed by atoms with E-state index in [0.717, 1.165) is 22.1 Å². The van der Waals surface area contributed by atoms with Crippen LogP contribution in [0.3, 0.4) is 0 Å². The van der Waals surface area contributed by atoms with Crippen molar-refractivity contribution >= 4 is 16.1 Å². The van der Waals surface area contributed by atoms with Gasteiger partial charge in [0.05, 0.1) is 0 Å². The van der Waals surface area contributed by atoms with Gasteiger partial charge in [-0.3, -0.25) is 0 Å². The Morgan fingerprint density at radius 3 is 2.35 bits per heavy atom. The topological polar surface area (TPSA) is 66.4 Å². The van der Waals surface area contributed by atoms with Crippen LogP contribution in [0.5, 0.6) is 0 Å². The van der Waals surface area contributed by atoms with Gasteiger partial charge < -0.3 is 5.11 Å². The van der Waals surface area contributed by atoms with Gasteiger partial charge in [-0.05, 0) is 30.5 Å². The molecule has 0 amide bonds. The second kappa shape index (κ2) is 8.06. The average Bonchev–Trinajstić information content (AvgIpc) is 2.55. The van der Waals surface area contributed by atoms with Crippen molar-refractivity contribution in [3.63, 3.8) is 0 Å². The van der Waals surface area contributed by atoms with Crippen LogP contribution in [0.15, 0.2) is 60.0 Å². The Labute approximate surface area is 137 Å². The van der Waals surface area contributed by atoms with Crippen molar-refractivity contribution in [3.05, 3.63) is 76.7 Å². The van der Waals surface area contributed by atoms with Gasteiger partial charge in [-0.1, -0.05) is 60.2 Å². The van der Waals surface area contributed by atoms with Gasteiger partial charge >= 0.3 is 0 Å². The second-order valence-electron chi connectivity index (χ2n) is 5.35. The van der Waals surface area contributed by atoms with Crippen LogP contribution in [0.4, 0.5) is 0 Å². The zero-order chi connectivity index (χ0) is 16.7. The number of sulfonamides is 1. The van der Waals surface area contributed by atoms with Crippen LogP contribution < -0.4 is 4.72 Å². The molecule has 2 aromatic carbocycles. The van der Waals surface area contributed by atoms with Crippen LogP contribution in [-0.2, 0) is 10.0 Å². The van der Waals surface area contributed by atoms with Crippen molar-refractivity contribution in [2.24, 2.45) is 0 Å². The summed E-state index contributed by atoms with van der Waals surface area (Å²) in [5.41, 5.74) is 2.77. The zero-order valence-electron chi connectivity index (χ0n) is 13.0. The minimum atomic E-state index is -3.60. The van der Waals surface area contributed by atoms with E-state index < -0.39 is 16.1 Å². The second-order valence-corrected chi connectivity index (χ2v) is 6.95. The lowest BCUT2D eigenvalue weighted by Crippen LogP contribution is -2.27. The Hall–Kier alpha value is -1.95. The Morgan fingerprint density at radius 2 is 1.74 bits per heavy atom. The van der Waals surface area contributed by atoms with E-state index in [1.807, 2.05) is 61.5 Å². The molecular formula is C18H21NO3S. The van der Waals surface area contributed by atoms with E-state index in [1.54, 1.807) is 6.08 Å². The molecule has 5 heteroatoms. The molecule has 122 valence electrons. The van der Waals surface area contributed by atoms with Crippen LogP contribution in [0, 0.1) is 6.92 Å². The number of nitrogens with one attached hydrogen (secondary N) is 1. The van der Waals surface area contributed by atoms with Crippen molar-refractivity contribution in [2.45, 2.75) is 19.4 Å². The number of hydrogen-bond acceptors (Lipinski definition) is 3. The normalized spacial score (nSPS) is 13.3. The number of hydrogen-bond donors (Lipinski definition) is 2. The predicted molar refractivity (Wildman–Crippen MR) is 93.2 cm³/mol. The van der Waals surface area contributed by atoms with Gasteiger partial charge in [-0.2, -0.15) is 0 Å². The fraction of sp³-hybridized carbons (Fsp3) is 0.222. The van der Waals surface area contributed by atoms with E-state index in [2.05, 4.69) is 4.72 Å². The van der Waals surface area contributed by atoms with Crippen molar-refractivity contribution in [2.75, 3.05) is 6.61 Å². The summed E-state index contributed by atoms with van der Waals surface area (Å²) < 4.78 is 27.1. The summed E-state index contributed by atoms with van der Waals surface area (Å²) in [6.07, 6.45) is 1.88. The monoisotopic (exact) mass is 331 g/mol. The first-order chi connectivity index (χ1) is 11.0. The van der Waals surface area contributed by atoms with Crippen molar-refractivity contribution < 1.29 is 13.5 Å². The van der Waals surface area contributed by atoms with Gasteiger partial charge in [-0.15, -0.1) is 0 Å². The van der Waals surface area contributed by atoms with E-state index in [0.29, 0.717) is 6.42 Å². The third-order valence-electron chi connectivity index (χ3n) is 3.44. The number of aliphatic hydroxyl groups excluding tert-OH is 1. The fourth-order valence-corrected chi connectivity index (χ4v) is 3.26. The molecule has 0 fully saturated rings. The number of benzene rings is 2. The molecule has 0 aromatic heterocycles. The molecule has 23 heavy (non-hydrogen) atoms. The molecule has 0 saturated carbocycles. The van der Waals surface area contributed by atoms with Crippen LogP contribution in [0.1, 0.15) is 29.2 Å². The molecule has 0 aliphatic carbocycles. The minimum Gasteiger partial charge on any atom is -0.396 e. The molecular weight excluding hydrogens is 310 g/mol. The molecule has 0 bridgehead atoms. The van der Waals surface area contributed by atoms with Gasteiger partial charge in [0.15, 0.2) is 0 Å². The van der Waals surface area contributed by atoms with Crippen molar-refractivity contribution in [1.82, 2.24) is 4.72 Å². The summed E-state index contributed by atoms with van der Waals surface area (Å²) >= 11 is 0. The summed E-state index contributed by atoms with van der Waals surface area (Å²) in [4.78, 5) is 0. The maximum Gasteiger partial charge on any atom is 0.234 e. The lowest BCUT2D eigenvalue weighted by atomic mass is 10.1. The van der Waals surface area contributed by atoms with E-state index in [4.69, 9.17) is 0 Å². The van der Waals surface area contributed by atoms with Crippen LogP contribution >= 0.6 is 0 Å². The van der Waals surface area contributed by atoms with Gasteiger partial charge in [0.2, 0.25) is 10.0 Å². The fourth-order valence-electron chi connectivity index (χ4n) is 2.19. The summed E-state index contributed by atoms with van der Waals surface area (Å²) in [5, 5.41) is 10.3. The average molecular weight is 331 g/mol. The molecule has 0 saturated heterocycles. The first-order valence-corrected chi connectivity index (χ1v) is 8.98. The van der Waals surface area contributed by atoms with Gasteiger partial charge in [0, 0.05) is 18.1 Å². The molecule has 0 unspecified atom stereocenters. The summed E-state index contributed by atoms with van der Waals surface area (Å²) in [6.45, 7) is 1.88. The van der Waals surface area contributed by atoms with Crippen LogP contribution in [-0.4, -0.2) is 20.1 Å². The van der Waals surface area contributed by atoms with Gasteiger partial charge in [-0.25, -0.2) is 13.1 Å². The number of rotatable bonds is 7. The third-order valence-corrected chi connectivity index (χ3v) is 4.55. The van der Waals surface area contributed by atoms with E-state index in [1.165, 1.54) is 0 Å². The summed E-state index contributed by atoms with van der Waals surface area (Å²) in [7, 11) is -3.60. The Kier molecular flexibility index (Phi) is 6.10. The molecule has 0 heterocycles. The standard InChI is InChI=1S/C18H21NO3S/c1-15-7-9-16(10-8-15)12-14-23(21,22)19-18(11-13-20)17-5-3-2-4-6-17/h2-10,12,14,18-20H,11,13H2,1H3/b14-12+/t18-/m1/s1. The maximum absolute atomic E-state index is 12.2. The lowest BCUT2D eigenvalue weighted by molar-refractivity contribution is 0.273. The molecule has 2 N–H and O–H groups in total. The highest BCUT2D eigenvalue weighted by molar-refractivity contribution is 7.92. The molecule has 2 aromatic rings. The van der Waals surface area contributed by atoms with Crippen LogP contribution in [0.25, 0.3) is 6.08 Å². The van der Waals surface area contributed by atoms with E-state index >= 15 is 0 Å². The molecule has 0 spiro atoms. The zero-order valence-corrected chi connectivity index (χ0v) is 13.8. The molecule has 0 aliphatic heterocycles. The maximum atomic E-state index is 12.2. The van der Waals surface area contributed by atoms with Crippen molar-refractivity contribution in [3.8, 4) is 0 Å². The van der Waals surface area contributed by atoms with E-state index in [9.17, 15) is 13.5 Å². The highest BCUT2D eigenvalue weighted by atomic mass is 32.2. The largest absolute Gasteiger partial charge is 0.396 e. The first kappa shape index (κ1) is 17.4. The Morgan fingerprint density at radius 1 is 1.09 bits per heavy atom. The Bertz CT molecular complexity index is 738. The highest BCUT2D eigenvalue weighted by Crippen LogP contribution is 2.18. The van der Waals surface area contributed by atoms with Crippen LogP contribution in [0.2, 0.25) is 0 Å². The summed E-state index contributed by atoms with van der Waals surface area (Å²) in [6, 6.07) is 16.4. The highest BCUT2D eigenvalue weighted by Gasteiger charge is 2.16. The molecule has 2 rings (SSSR count).